The summed E-state index contributed by atoms with van der Waals surface area (Å²) in [5.41, 5.74) is 6.19. The fraction of sp³-hybridized carbons (Fsp3) is 0.417. The van der Waals surface area contributed by atoms with Gasteiger partial charge in [-0.25, -0.2) is 4.79 Å². The van der Waals surface area contributed by atoms with Gasteiger partial charge < -0.3 is 16.0 Å². The number of nitrogens with one attached hydrogen (secondary N) is 1. The molecule has 3 N–H and O–H groups in total. The molecule has 0 spiro atoms. The van der Waals surface area contributed by atoms with E-state index in [0.29, 0.717) is 0 Å². The Bertz CT molecular complexity index is 395. The van der Waals surface area contributed by atoms with E-state index in [-0.39, 0.29) is 19.6 Å². The molecule has 4 nitrogen and oxygen atoms in total. The Hall–Kier alpha value is -1.76. The van der Waals surface area contributed by atoms with Crippen LogP contribution in [0.3, 0.4) is 0 Å². The van der Waals surface area contributed by atoms with E-state index in [0.717, 1.165) is 5.56 Å². The first-order valence-electron chi connectivity index (χ1n) is 5.76. The van der Waals surface area contributed by atoms with Gasteiger partial charge in [0.25, 0.3) is 0 Å². The molecule has 0 bridgehead atoms. The summed E-state index contributed by atoms with van der Waals surface area (Å²) in [5.74, 6) is 0. The van der Waals surface area contributed by atoms with Crippen molar-refractivity contribution in [3.63, 3.8) is 0 Å². The minimum Gasteiger partial charge on any atom is -0.329 e. The van der Waals surface area contributed by atoms with E-state index in [1.54, 1.807) is 24.3 Å². The number of benzene rings is 1. The second-order valence-corrected chi connectivity index (χ2v) is 3.97. The fourth-order valence-corrected chi connectivity index (χ4v) is 1.50. The van der Waals surface area contributed by atoms with Crippen LogP contribution in [0.15, 0.2) is 30.3 Å². The molecule has 0 aliphatic rings. The van der Waals surface area contributed by atoms with Gasteiger partial charge in [-0.15, -0.1) is 0 Å². The molecular weight excluding hydrogens is 259 g/mol. The van der Waals surface area contributed by atoms with E-state index in [9.17, 15) is 18.0 Å². The van der Waals surface area contributed by atoms with Crippen LogP contribution in [-0.2, 0) is 6.54 Å². The third kappa shape index (κ3) is 6.10. The molecule has 0 atom stereocenters. The van der Waals surface area contributed by atoms with Crippen molar-refractivity contribution in [3.8, 4) is 0 Å². The zero-order valence-corrected chi connectivity index (χ0v) is 10.3. The summed E-state index contributed by atoms with van der Waals surface area (Å²) in [7, 11) is 0. The summed E-state index contributed by atoms with van der Waals surface area (Å²) >= 11 is 0. The van der Waals surface area contributed by atoms with E-state index in [2.05, 4.69) is 0 Å². The van der Waals surface area contributed by atoms with Gasteiger partial charge in [-0.1, -0.05) is 30.3 Å². The minimum absolute atomic E-state index is 0.187. The van der Waals surface area contributed by atoms with Gasteiger partial charge in [0.05, 0.1) is 0 Å². The maximum absolute atomic E-state index is 12.0. The largest absolute Gasteiger partial charge is 0.405 e. The number of carbonyl (C=O) groups is 1. The van der Waals surface area contributed by atoms with Gasteiger partial charge in [0, 0.05) is 19.6 Å². The molecule has 0 fully saturated rings. The van der Waals surface area contributed by atoms with Gasteiger partial charge in [0.15, 0.2) is 0 Å². The molecule has 7 heteroatoms. The maximum Gasteiger partial charge on any atom is 0.405 e. The zero-order chi connectivity index (χ0) is 14.3. The minimum atomic E-state index is -4.42. The topological polar surface area (TPSA) is 58.4 Å². The highest BCUT2D eigenvalue weighted by molar-refractivity contribution is 5.74. The number of carbonyl (C=O) groups excluding carboxylic acids is 1. The van der Waals surface area contributed by atoms with Gasteiger partial charge in [-0.2, -0.15) is 13.2 Å². The van der Waals surface area contributed by atoms with Crippen molar-refractivity contribution in [2.45, 2.75) is 12.7 Å². The van der Waals surface area contributed by atoms with Crippen molar-refractivity contribution in [1.82, 2.24) is 10.2 Å². The van der Waals surface area contributed by atoms with Crippen LogP contribution in [0, 0.1) is 0 Å². The maximum atomic E-state index is 12.0. The molecule has 106 valence electrons. The molecule has 0 aromatic heterocycles. The van der Waals surface area contributed by atoms with Crippen molar-refractivity contribution < 1.29 is 18.0 Å². The molecule has 1 rings (SSSR count). The number of nitrogens with two attached hydrogens (primary N) is 1. The molecule has 0 aliphatic carbocycles. The molecule has 0 saturated carbocycles. The van der Waals surface area contributed by atoms with Crippen molar-refractivity contribution in [3.05, 3.63) is 35.9 Å². The number of hydrogen-bond donors (Lipinski definition) is 2. The number of rotatable bonds is 5. The van der Waals surface area contributed by atoms with Gasteiger partial charge in [0.1, 0.15) is 6.54 Å². The van der Waals surface area contributed by atoms with Crippen LogP contribution in [0.1, 0.15) is 5.56 Å². The van der Waals surface area contributed by atoms with Crippen LogP contribution in [-0.4, -0.2) is 36.7 Å². The number of nitrogens with zero attached hydrogens (tertiary/aromatic N) is 1. The Kier molecular flexibility index (Phi) is 5.62. The average Bonchev–Trinajstić information content (AvgIpc) is 2.36. The van der Waals surface area contributed by atoms with E-state index in [1.165, 1.54) is 4.90 Å². The van der Waals surface area contributed by atoms with Gasteiger partial charge in [0.2, 0.25) is 0 Å². The average molecular weight is 275 g/mol. The van der Waals surface area contributed by atoms with Crippen molar-refractivity contribution in [2.75, 3.05) is 19.6 Å². The number of halogens is 3. The lowest BCUT2D eigenvalue weighted by atomic mass is 10.2. The van der Waals surface area contributed by atoms with Gasteiger partial charge in [-0.3, -0.25) is 0 Å². The Morgan fingerprint density at radius 2 is 1.89 bits per heavy atom. The number of hydrogen-bond acceptors (Lipinski definition) is 2. The van der Waals surface area contributed by atoms with E-state index >= 15 is 0 Å². The predicted molar refractivity (Wildman–Crippen MR) is 65.4 cm³/mol. The molecule has 19 heavy (non-hydrogen) atoms. The molecule has 0 radical (unpaired) electrons. The lowest BCUT2D eigenvalue weighted by molar-refractivity contribution is -0.123. The molecule has 0 saturated heterocycles. The highest BCUT2D eigenvalue weighted by Crippen LogP contribution is 2.12. The molecule has 0 unspecified atom stereocenters. The lowest BCUT2D eigenvalue weighted by Gasteiger charge is -2.23. The second kappa shape index (κ2) is 6.98. The molecule has 0 aliphatic heterocycles. The molecule has 2 amide bonds. The Morgan fingerprint density at radius 1 is 1.26 bits per heavy atom. The standard InChI is InChI=1S/C12H16F3N3O/c13-12(14,15)9-17-11(19)18(7-6-16)8-10-4-2-1-3-5-10/h1-5H,6-9,16H2,(H,17,19). The molecule has 0 heterocycles. The third-order valence-electron chi connectivity index (χ3n) is 2.34. The zero-order valence-electron chi connectivity index (χ0n) is 10.3. The summed E-state index contributed by atoms with van der Waals surface area (Å²) in [4.78, 5) is 12.9. The smallest absolute Gasteiger partial charge is 0.329 e. The molecule has 1 aromatic rings. The third-order valence-corrected chi connectivity index (χ3v) is 2.34. The Labute approximate surface area is 109 Å². The van der Waals surface area contributed by atoms with E-state index < -0.39 is 18.8 Å². The number of alkyl halides is 3. The van der Waals surface area contributed by atoms with Gasteiger partial charge >= 0.3 is 12.2 Å². The Balaban J connectivity index is 2.59. The van der Waals surface area contributed by atoms with Crippen LogP contribution in [0.5, 0.6) is 0 Å². The Morgan fingerprint density at radius 3 is 2.42 bits per heavy atom. The highest BCUT2D eigenvalue weighted by atomic mass is 19.4. The number of urea groups is 1. The SMILES string of the molecule is NCCN(Cc1ccccc1)C(=O)NCC(F)(F)F. The molecule has 1 aromatic carbocycles. The monoisotopic (exact) mass is 275 g/mol. The second-order valence-electron chi connectivity index (χ2n) is 3.97. The summed E-state index contributed by atoms with van der Waals surface area (Å²) < 4.78 is 36.1. The summed E-state index contributed by atoms with van der Waals surface area (Å²) in [6.45, 7) is -0.742. The number of amides is 2. The van der Waals surface area contributed by atoms with Crippen LogP contribution < -0.4 is 11.1 Å². The van der Waals surface area contributed by atoms with Crippen LogP contribution >= 0.6 is 0 Å². The predicted octanol–water partition coefficient (Wildman–Crippen LogP) is 1.72. The van der Waals surface area contributed by atoms with E-state index in [1.807, 2.05) is 11.4 Å². The summed E-state index contributed by atoms with van der Waals surface area (Å²) in [6.07, 6.45) is -4.42. The summed E-state index contributed by atoms with van der Waals surface area (Å²) in [5, 5.41) is 1.83. The fourth-order valence-electron chi connectivity index (χ4n) is 1.50. The van der Waals surface area contributed by atoms with Crippen molar-refractivity contribution in [1.29, 1.82) is 0 Å². The highest BCUT2D eigenvalue weighted by Gasteiger charge is 2.28. The van der Waals surface area contributed by atoms with Crippen molar-refractivity contribution >= 4 is 6.03 Å². The van der Waals surface area contributed by atoms with Gasteiger partial charge in [-0.05, 0) is 5.56 Å². The van der Waals surface area contributed by atoms with Crippen LogP contribution in [0.4, 0.5) is 18.0 Å². The quantitative estimate of drug-likeness (QED) is 0.859. The first-order chi connectivity index (χ1) is 8.92. The van der Waals surface area contributed by atoms with Crippen molar-refractivity contribution in [2.24, 2.45) is 5.73 Å². The van der Waals surface area contributed by atoms with Crippen LogP contribution in [0.2, 0.25) is 0 Å². The molecular formula is C12H16F3N3O. The van der Waals surface area contributed by atoms with Crippen LogP contribution in [0.25, 0.3) is 0 Å². The normalized spacial score (nSPS) is 11.2. The van der Waals surface area contributed by atoms with E-state index in [4.69, 9.17) is 5.73 Å². The first-order valence-corrected chi connectivity index (χ1v) is 5.76. The lowest BCUT2D eigenvalue weighted by Crippen LogP contribution is -2.45. The first kappa shape index (κ1) is 15.3. The summed E-state index contributed by atoms with van der Waals surface area (Å²) in [6, 6.07) is 8.22.